The monoisotopic (exact) mass is 265 g/mol. The molecule has 0 N–H and O–H groups in total. The summed E-state index contributed by atoms with van der Waals surface area (Å²) in [6, 6.07) is 8.04. The van der Waals surface area contributed by atoms with Crippen LogP contribution in [-0.4, -0.2) is 23.4 Å². The van der Waals surface area contributed by atoms with Crippen molar-refractivity contribution in [2.24, 2.45) is 5.92 Å². The number of carbonyl (C=O) groups is 1. The Labute approximate surface area is 114 Å². The first-order chi connectivity index (χ1) is 8.56. The van der Waals surface area contributed by atoms with E-state index in [9.17, 15) is 4.79 Å². The van der Waals surface area contributed by atoms with E-state index in [1.165, 1.54) is 12.8 Å². The number of halogens is 1. The predicted molar refractivity (Wildman–Crippen MR) is 74.7 cm³/mol. The van der Waals surface area contributed by atoms with Gasteiger partial charge >= 0.3 is 0 Å². The zero-order valence-corrected chi connectivity index (χ0v) is 11.8. The van der Waals surface area contributed by atoms with E-state index >= 15 is 0 Å². The molecule has 0 radical (unpaired) electrons. The van der Waals surface area contributed by atoms with Gasteiger partial charge in [-0.15, -0.1) is 0 Å². The van der Waals surface area contributed by atoms with Gasteiger partial charge in [-0.1, -0.05) is 37.6 Å². The molecule has 0 unspecified atom stereocenters. The molecule has 0 spiro atoms. The highest BCUT2D eigenvalue weighted by Gasteiger charge is 2.32. The van der Waals surface area contributed by atoms with E-state index < -0.39 is 0 Å². The smallest absolute Gasteiger partial charge is 0.227 e. The summed E-state index contributed by atoms with van der Waals surface area (Å²) in [6.07, 6.45) is 2.82. The second-order valence-electron chi connectivity index (χ2n) is 5.47. The standard InChI is InChI=1S/C15H20ClNO/c1-11(2)10-17(14-7-8-14)15(18)9-12-3-5-13(16)6-4-12/h3-6,11,14H,7-10H2,1-2H3. The fraction of sp³-hybridized carbons (Fsp3) is 0.533. The first-order valence-electron chi connectivity index (χ1n) is 6.60. The summed E-state index contributed by atoms with van der Waals surface area (Å²) in [5.41, 5.74) is 1.04. The molecule has 1 aliphatic carbocycles. The number of carbonyl (C=O) groups excluding carboxylic acids is 1. The molecule has 0 bridgehead atoms. The van der Waals surface area contributed by atoms with Crippen molar-refractivity contribution in [3.05, 3.63) is 34.9 Å². The topological polar surface area (TPSA) is 20.3 Å². The van der Waals surface area contributed by atoms with Gasteiger partial charge in [-0.05, 0) is 36.5 Å². The van der Waals surface area contributed by atoms with Gasteiger partial charge in [0.15, 0.2) is 0 Å². The number of hydrogen-bond donors (Lipinski definition) is 0. The molecule has 18 heavy (non-hydrogen) atoms. The van der Waals surface area contributed by atoms with Crippen LogP contribution in [0.4, 0.5) is 0 Å². The van der Waals surface area contributed by atoms with Crippen LogP contribution in [0.25, 0.3) is 0 Å². The lowest BCUT2D eigenvalue weighted by Crippen LogP contribution is -2.37. The molecule has 98 valence electrons. The molecule has 0 atom stereocenters. The van der Waals surface area contributed by atoms with Gasteiger partial charge in [-0.3, -0.25) is 4.79 Å². The third-order valence-corrected chi connectivity index (χ3v) is 3.39. The highest BCUT2D eigenvalue weighted by Crippen LogP contribution is 2.28. The van der Waals surface area contributed by atoms with E-state index in [1.54, 1.807) is 0 Å². The highest BCUT2D eigenvalue weighted by molar-refractivity contribution is 6.30. The van der Waals surface area contributed by atoms with Crippen molar-refractivity contribution < 1.29 is 4.79 Å². The zero-order valence-electron chi connectivity index (χ0n) is 11.0. The lowest BCUT2D eigenvalue weighted by molar-refractivity contribution is -0.131. The summed E-state index contributed by atoms with van der Waals surface area (Å²) in [5, 5.41) is 0.715. The van der Waals surface area contributed by atoms with Crippen LogP contribution in [0, 0.1) is 5.92 Å². The van der Waals surface area contributed by atoms with Gasteiger partial charge in [-0.2, -0.15) is 0 Å². The Hall–Kier alpha value is -1.02. The normalized spacial score (nSPS) is 14.9. The fourth-order valence-electron chi connectivity index (χ4n) is 2.11. The fourth-order valence-corrected chi connectivity index (χ4v) is 2.24. The minimum Gasteiger partial charge on any atom is -0.339 e. The third kappa shape index (κ3) is 3.74. The first-order valence-corrected chi connectivity index (χ1v) is 6.98. The lowest BCUT2D eigenvalue weighted by Gasteiger charge is -2.24. The van der Waals surface area contributed by atoms with Crippen molar-refractivity contribution in [2.45, 2.75) is 39.2 Å². The second-order valence-corrected chi connectivity index (χ2v) is 5.91. The maximum Gasteiger partial charge on any atom is 0.227 e. The Bertz CT molecular complexity index is 409. The average Bonchev–Trinajstić information content (AvgIpc) is 3.12. The maximum absolute atomic E-state index is 12.3. The Morgan fingerprint density at radius 1 is 1.33 bits per heavy atom. The Balaban J connectivity index is 1.98. The summed E-state index contributed by atoms with van der Waals surface area (Å²) in [6.45, 7) is 5.19. The van der Waals surface area contributed by atoms with Crippen LogP contribution in [-0.2, 0) is 11.2 Å². The van der Waals surface area contributed by atoms with Crippen LogP contribution in [0.15, 0.2) is 24.3 Å². The van der Waals surface area contributed by atoms with Crippen molar-refractivity contribution in [1.29, 1.82) is 0 Å². The van der Waals surface area contributed by atoms with Gasteiger partial charge in [0.05, 0.1) is 6.42 Å². The van der Waals surface area contributed by atoms with E-state index in [4.69, 9.17) is 11.6 Å². The summed E-state index contributed by atoms with van der Waals surface area (Å²) in [7, 11) is 0. The zero-order chi connectivity index (χ0) is 13.1. The largest absolute Gasteiger partial charge is 0.339 e. The molecule has 0 aliphatic heterocycles. The quantitative estimate of drug-likeness (QED) is 0.798. The Morgan fingerprint density at radius 2 is 1.94 bits per heavy atom. The summed E-state index contributed by atoms with van der Waals surface area (Å²) < 4.78 is 0. The van der Waals surface area contributed by atoms with Crippen LogP contribution < -0.4 is 0 Å². The van der Waals surface area contributed by atoms with Gasteiger partial charge in [0.2, 0.25) is 5.91 Å². The molecule has 1 fully saturated rings. The van der Waals surface area contributed by atoms with Gasteiger partial charge in [0.25, 0.3) is 0 Å². The second kappa shape index (κ2) is 5.75. The van der Waals surface area contributed by atoms with Crippen LogP contribution >= 0.6 is 11.6 Å². The molecule has 1 aromatic rings. The molecular weight excluding hydrogens is 246 g/mol. The Morgan fingerprint density at radius 3 is 2.44 bits per heavy atom. The van der Waals surface area contributed by atoms with Crippen molar-refractivity contribution in [2.75, 3.05) is 6.54 Å². The van der Waals surface area contributed by atoms with E-state index in [2.05, 4.69) is 18.7 Å². The molecule has 1 aliphatic rings. The third-order valence-electron chi connectivity index (χ3n) is 3.14. The van der Waals surface area contributed by atoms with Crippen molar-refractivity contribution in [3.63, 3.8) is 0 Å². The lowest BCUT2D eigenvalue weighted by atomic mass is 10.1. The molecule has 2 nitrogen and oxygen atoms in total. The van der Waals surface area contributed by atoms with Gasteiger partial charge in [-0.25, -0.2) is 0 Å². The molecule has 1 aromatic carbocycles. The molecule has 0 saturated heterocycles. The molecule has 0 heterocycles. The number of amides is 1. The van der Waals surface area contributed by atoms with Crippen molar-refractivity contribution >= 4 is 17.5 Å². The molecular formula is C15H20ClNO. The summed E-state index contributed by atoms with van der Waals surface area (Å²) >= 11 is 5.84. The molecule has 1 saturated carbocycles. The van der Waals surface area contributed by atoms with E-state index in [-0.39, 0.29) is 5.91 Å². The van der Waals surface area contributed by atoms with E-state index in [0.717, 1.165) is 12.1 Å². The molecule has 3 heteroatoms. The van der Waals surface area contributed by atoms with E-state index in [1.807, 2.05) is 24.3 Å². The SMILES string of the molecule is CC(C)CN(C(=O)Cc1ccc(Cl)cc1)C1CC1. The highest BCUT2D eigenvalue weighted by atomic mass is 35.5. The number of benzene rings is 1. The van der Waals surface area contributed by atoms with Gasteiger partial charge in [0, 0.05) is 17.6 Å². The van der Waals surface area contributed by atoms with Crippen LogP contribution in [0.3, 0.4) is 0 Å². The summed E-state index contributed by atoms with van der Waals surface area (Å²) in [4.78, 5) is 14.4. The van der Waals surface area contributed by atoms with Crippen LogP contribution in [0.2, 0.25) is 5.02 Å². The van der Waals surface area contributed by atoms with Crippen LogP contribution in [0.5, 0.6) is 0 Å². The average molecular weight is 266 g/mol. The molecule has 2 rings (SSSR count). The summed E-state index contributed by atoms with van der Waals surface area (Å²) in [5.74, 6) is 0.772. The number of nitrogens with zero attached hydrogens (tertiary/aromatic N) is 1. The predicted octanol–water partition coefficient (Wildman–Crippen LogP) is 3.53. The molecule has 1 amide bonds. The minimum atomic E-state index is 0.244. The van der Waals surface area contributed by atoms with Crippen molar-refractivity contribution in [3.8, 4) is 0 Å². The van der Waals surface area contributed by atoms with Crippen LogP contribution in [0.1, 0.15) is 32.3 Å². The van der Waals surface area contributed by atoms with E-state index in [0.29, 0.717) is 23.4 Å². The minimum absolute atomic E-state index is 0.244. The number of hydrogen-bond acceptors (Lipinski definition) is 1. The van der Waals surface area contributed by atoms with Gasteiger partial charge < -0.3 is 4.90 Å². The number of rotatable bonds is 5. The maximum atomic E-state index is 12.3. The molecule has 0 aromatic heterocycles. The van der Waals surface area contributed by atoms with Gasteiger partial charge in [0.1, 0.15) is 0 Å². The first kappa shape index (κ1) is 13.4. The van der Waals surface area contributed by atoms with Crippen molar-refractivity contribution in [1.82, 2.24) is 4.90 Å². The Kier molecular flexibility index (Phi) is 4.28.